The molecule has 1 aliphatic rings. The second-order valence-corrected chi connectivity index (χ2v) is 6.11. The highest BCUT2D eigenvalue weighted by Crippen LogP contribution is 2.42. The molecular formula is C16H29IN4O. The van der Waals surface area contributed by atoms with Crippen molar-refractivity contribution in [1.29, 1.82) is 0 Å². The molecule has 126 valence electrons. The fraction of sp³-hybridized carbons (Fsp3) is 0.750. The van der Waals surface area contributed by atoms with E-state index >= 15 is 0 Å². The Bertz CT molecular complexity index is 469. The van der Waals surface area contributed by atoms with Gasteiger partial charge in [0.1, 0.15) is 5.76 Å². The molecule has 0 spiro atoms. The summed E-state index contributed by atoms with van der Waals surface area (Å²) < 4.78 is 5.18. The van der Waals surface area contributed by atoms with Gasteiger partial charge in [0.2, 0.25) is 0 Å². The van der Waals surface area contributed by atoms with Crippen LogP contribution in [0.3, 0.4) is 0 Å². The molecule has 22 heavy (non-hydrogen) atoms. The predicted molar refractivity (Wildman–Crippen MR) is 101 cm³/mol. The molecule has 5 nitrogen and oxygen atoms in total. The van der Waals surface area contributed by atoms with Gasteiger partial charge in [-0.2, -0.15) is 0 Å². The largest absolute Gasteiger partial charge is 0.361 e. The van der Waals surface area contributed by atoms with E-state index < -0.39 is 0 Å². The quantitative estimate of drug-likeness (QED) is 0.422. The summed E-state index contributed by atoms with van der Waals surface area (Å²) >= 11 is 0. The molecule has 1 aliphatic carbocycles. The maximum absolute atomic E-state index is 5.18. The van der Waals surface area contributed by atoms with Gasteiger partial charge in [-0.25, -0.2) is 0 Å². The molecule has 2 rings (SSSR count). The first-order chi connectivity index (χ1) is 10.1. The molecule has 1 fully saturated rings. The molecule has 0 atom stereocenters. The van der Waals surface area contributed by atoms with E-state index in [-0.39, 0.29) is 24.0 Å². The normalized spacial score (nSPS) is 16.6. The number of rotatable bonds is 6. The second kappa shape index (κ2) is 8.74. The smallest absolute Gasteiger partial charge is 0.191 e. The van der Waals surface area contributed by atoms with Gasteiger partial charge in [0, 0.05) is 25.7 Å². The van der Waals surface area contributed by atoms with Crippen LogP contribution in [0.2, 0.25) is 0 Å². The molecule has 0 bridgehead atoms. The van der Waals surface area contributed by atoms with Crippen molar-refractivity contribution in [2.75, 3.05) is 20.1 Å². The first-order valence-electron chi connectivity index (χ1n) is 7.96. The Morgan fingerprint density at radius 1 is 1.32 bits per heavy atom. The van der Waals surface area contributed by atoms with Crippen molar-refractivity contribution in [3.8, 4) is 0 Å². The summed E-state index contributed by atoms with van der Waals surface area (Å²) in [5.41, 5.74) is 2.68. The van der Waals surface area contributed by atoms with E-state index in [9.17, 15) is 0 Å². The molecule has 2 N–H and O–H groups in total. The number of aliphatic imine (C=N–C) groups is 1. The van der Waals surface area contributed by atoms with Crippen molar-refractivity contribution in [1.82, 2.24) is 15.8 Å². The molecular weight excluding hydrogens is 391 g/mol. The van der Waals surface area contributed by atoms with E-state index in [4.69, 9.17) is 4.52 Å². The zero-order valence-electron chi connectivity index (χ0n) is 14.2. The van der Waals surface area contributed by atoms with Crippen molar-refractivity contribution in [3.05, 3.63) is 17.0 Å². The summed E-state index contributed by atoms with van der Waals surface area (Å²) in [4.78, 5) is 4.30. The first-order valence-corrected chi connectivity index (χ1v) is 7.96. The number of hydrogen-bond acceptors (Lipinski definition) is 3. The van der Waals surface area contributed by atoms with Crippen LogP contribution in [0.1, 0.15) is 49.6 Å². The third kappa shape index (κ3) is 4.60. The van der Waals surface area contributed by atoms with Crippen LogP contribution < -0.4 is 10.6 Å². The first kappa shape index (κ1) is 19.3. The Hall–Kier alpha value is -0.790. The van der Waals surface area contributed by atoms with Gasteiger partial charge in [-0.15, -0.1) is 24.0 Å². The highest BCUT2D eigenvalue weighted by atomic mass is 127. The Labute approximate surface area is 150 Å². The van der Waals surface area contributed by atoms with E-state index in [1.807, 2.05) is 20.9 Å². The predicted octanol–water partition coefficient (Wildman–Crippen LogP) is 3.20. The van der Waals surface area contributed by atoms with E-state index in [1.54, 1.807) is 0 Å². The van der Waals surface area contributed by atoms with Crippen LogP contribution in [0, 0.1) is 19.3 Å². The van der Waals surface area contributed by atoms with Crippen molar-refractivity contribution in [2.24, 2.45) is 10.4 Å². The summed E-state index contributed by atoms with van der Waals surface area (Å²) in [7, 11) is 1.82. The minimum atomic E-state index is 0. The highest BCUT2D eigenvalue weighted by molar-refractivity contribution is 14.0. The van der Waals surface area contributed by atoms with Gasteiger partial charge in [0.25, 0.3) is 0 Å². The van der Waals surface area contributed by atoms with Crippen molar-refractivity contribution < 1.29 is 4.52 Å². The molecule has 0 amide bonds. The fourth-order valence-corrected chi connectivity index (χ4v) is 2.99. The fourth-order valence-electron chi connectivity index (χ4n) is 2.99. The molecule has 1 heterocycles. The van der Waals surface area contributed by atoms with Gasteiger partial charge < -0.3 is 15.2 Å². The number of nitrogens with zero attached hydrogens (tertiary/aromatic N) is 2. The van der Waals surface area contributed by atoms with Crippen molar-refractivity contribution in [2.45, 2.75) is 52.9 Å². The summed E-state index contributed by atoms with van der Waals surface area (Å²) in [6.45, 7) is 8.09. The van der Waals surface area contributed by atoms with Crippen LogP contribution in [0.15, 0.2) is 9.52 Å². The SMILES string of the molecule is CCC1(CNC(=NC)NCCc2c(C)noc2C)CCC1.I. The van der Waals surface area contributed by atoms with Gasteiger partial charge in [0.05, 0.1) is 5.69 Å². The molecule has 0 saturated heterocycles. The Balaban J connectivity index is 0.00000242. The summed E-state index contributed by atoms with van der Waals surface area (Å²) in [5, 5.41) is 10.8. The third-order valence-electron chi connectivity index (χ3n) is 4.87. The summed E-state index contributed by atoms with van der Waals surface area (Å²) in [6, 6.07) is 0. The van der Waals surface area contributed by atoms with Gasteiger partial charge >= 0.3 is 0 Å². The zero-order valence-corrected chi connectivity index (χ0v) is 16.5. The van der Waals surface area contributed by atoms with Crippen LogP contribution in [-0.4, -0.2) is 31.3 Å². The standard InChI is InChI=1S/C16H28N4O.HI/c1-5-16(8-6-9-16)11-19-15(17-4)18-10-7-14-12(2)20-21-13(14)3;/h5-11H2,1-4H3,(H2,17,18,19);1H. The third-order valence-corrected chi connectivity index (χ3v) is 4.87. The van der Waals surface area contributed by atoms with E-state index in [0.29, 0.717) is 5.41 Å². The summed E-state index contributed by atoms with van der Waals surface area (Å²) in [5.74, 6) is 1.80. The van der Waals surface area contributed by atoms with E-state index in [2.05, 4.69) is 27.7 Å². The average molecular weight is 420 g/mol. The van der Waals surface area contributed by atoms with Gasteiger partial charge in [-0.05, 0) is 44.9 Å². The summed E-state index contributed by atoms with van der Waals surface area (Å²) in [6.07, 6.45) is 6.20. The molecule has 1 aromatic heterocycles. The lowest BCUT2D eigenvalue weighted by molar-refractivity contribution is 0.131. The molecule has 6 heteroatoms. The molecule has 0 aromatic carbocycles. The number of nitrogens with one attached hydrogen (secondary N) is 2. The van der Waals surface area contributed by atoms with E-state index in [1.165, 1.54) is 31.2 Å². The van der Waals surface area contributed by atoms with Crippen LogP contribution in [0.25, 0.3) is 0 Å². The number of aryl methyl sites for hydroxylation is 2. The zero-order chi connectivity index (χ0) is 15.3. The van der Waals surface area contributed by atoms with Crippen LogP contribution in [0.5, 0.6) is 0 Å². The Morgan fingerprint density at radius 3 is 2.50 bits per heavy atom. The van der Waals surface area contributed by atoms with Crippen molar-refractivity contribution >= 4 is 29.9 Å². The van der Waals surface area contributed by atoms with Crippen LogP contribution in [0.4, 0.5) is 0 Å². The van der Waals surface area contributed by atoms with Crippen molar-refractivity contribution in [3.63, 3.8) is 0 Å². The topological polar surface area (TPSA) is 62.5 Å². The minimum Gasteiger partial charge on any atom is -0.361 e. The highest BCUT2D eigenvalue weighted by Gasteiger charge is 2.34. The lowest BCUT2D eigenvalue weighted by Gasteiger charge is -2.41. The number of hydrogen-bond donors (Lipinski definition) is 2. The van der Waals surface area contributed by atoms with Crippen LogP contribution in [-0.2, 0) is 6.42 Å². The number of aromatic nitrogens is 1. The lowest BCUT2D eigenvalue weighted by Crippen LogP contribution is -2.46. The van der Waals surface area contributed by atoms with Gasteiger partial charge in [0.15, 0.2) is 5.96 Å². The second-order valence-electron chi connectivity index (χ2n) is 6.11. The molecule has 0 aliphatic heterocycles. The average Bonchev–Trinajstić information content (AvgIpc) is 2.76. The molecule has 0 radical (unpaired) electrons. The lowest BCUT2D eigenvalue weighted by atomic mass is 9.67. The maximum Gasteiger partial charge on any atom is 0.191 e. The number of guanidine groups is 1. The maximum atomic E-state index is 5.18. The monoisotopic (exact) mass is 420 g/mol. The Kier molecular flexibility index (Phi) is 7.65. The van der Waals surface area contributed by atoms with Crippen LogP contribution >= 0.6 is 24.0 Å². The van der Waals surface area contributed by atoms with E-state index in [0.717, 1.165) is 36.9 Å². The Morgan fingerprint density at radius 2 is 2.05 bits per heavy atom. The van der Waals surface area contributed by atoms with Gasteiger partial charge in [-0.1, -0.05) is 18.5 Å². The molecule has 1 aromatic rings. The van der Waals surface area contributed by atoms with Gasteiger partial charge in [-0.3, -0.25) is 4.99 Å². The molecule has 1 saturated carbocycles. The number of halogens is 1. The molecule has 0 unspecified atom stereocenters. The minimum absolute atomic E-state index is 0.